The lowest BCUT2D eigenvalue weighted by Gasteiger charge is -2.42. The first-order chi connectivity index (χ1) is 9.00. The van der Waals surface area contributed by atoms with Crippen LogP contribution in [0.3, 0.4) is 0 Å². The van der Waals surface area contributed by atoms with E-state index in [2.05, 4.69) is 6.92 Å². The average Bonchev–Trinajstić information content (AvgIpc) is 2.66. The summed E-state index contributed by atoms with van der Waals surface area (Å²) in [6.07, 6.45) is 4.58. The number of hydrogen-bond donors (Lipinski definition) is 2. The molecule has 0 bridgehead atoms. The van der Waals surface area contributed by atoms with Crippen molar-refractivity contribution >= 4 is 0 Å². The molecule has 2 aliphatic rings. The van der Waals surface area contributed by atoms with E-state index in [-0.39, 0.29) is 29.0 Å². The molecule has 0 amide bonds. The van der Waals surface area contributed by atoms with Crippen LogP contribution in [0.4, 0.5) is 4.39 Å². The number of hydrogen-bond acceptors (Lipinski definition) is 2. The smallest absolute Gasteiger partial charge is 0.130 e. The predicted octanol–water partition coefficient (Wildman–Crippen LogP) is 3.58. The molecule has 2 saturated carbocycles. The minimum atomic E-state index is -0.299. The number of halogens is 1. The molecule has 0 heterocycles. The summed E-state index contributed by atoms with van der Waals surface area (Å²) in [6, 6.07) is 4.48. The van der Waals surface area contributed by atoms with Gasteiger partial charge in [0.05, 0.1) is 6.10 Å². The fourth-order valence-electron chi connectivity index (χ4n) is 4.12. The number of aromatic hydroxyl groups is 1. The van der Waals surface area contributed by atoms with Gasteiger partial charge in [0, 0.05) is 6.07 Å². The highest BCUT2D eigenvalue weighted by molar-refractivity contribution is 5.30. The zero-order valence-electron chi connectivity index (χ0n) is 11.3. The Morgan fingerprint density at radius 3 is 2.79 bits per heavy atom. The van der Waals surface area contributed by atoms with Gasteiger partial charge in [-0.1, -0.05) is 13.0 Å². The Kier molecular flexibility index (Phi) is 3.05. The summed E-state index contributed by atoms with van der Waals surface area (Å²) >= 11 is 0. The third-order valence-electron chi connectivity index (χ3n) is 5.51. The van der Waals surface area contributed by atoms with Crippen molar-refractivity contribution < 1.29 is 14.6 Å². The molecule has 0 aliphatic heterocycles. The van der Waals surface area contributed by atoms with E-state index in [1.807, 2.05) is 0 Å². The van der Waals surface area contributed by atoms with Gasteiger partial charge in [0.15, 0.2) is 0 Å². The van der Waals surface area contributed by atoms with Crippen LogP contribution < -0.4 is 0 Å². The second-order valence-corrected chi connectivity index (χ2v) is 6.47. The molecule has 0 unspecified atom stereocenters. The Morgan fingerprint density at radius 1 is 1.26 bits per heavy atom. The number of benzene rings is 1. The molecular weight excluding hydrogens is 243 g/mol. The van der Waals surface area contributed by atoms with Gasteiger partial charge in [0.25, 0.3) is 0 Å². The van der Waals surface area contributed by atoms with Gasteiger partial charge in [-0.05, 0) is 61.0 Å². The topological polar surface area (TPSA) is 40.5 Å². The van der Waals surface area contributed by atoms with Crippen molar-refractivity contribution in [2.24, 2.45) is 11.3 Å². The largest absolute Gasteiger partial charge is 0.508 e. The summed E-state index contributed by atoms with van der Waals surface area (Å²) in [4.78, 5) is 0. The van der Waals surface area contributed by atoms with Gasteiger partial charge in [0.2, 0.25) is 0 Å². The van der Waals surface area contributed by atoms with Crippen LogP contribution in [0.5, 0.6) is 5.75 Å². The third kappa shape index (κ3) is 2.04. The summed E-state index contributed by atoms with van der Waals surface area (Å²) in [5.74, 6) is 0.406. The number of aliphatic hydroxyl groups is 1. The van der Waals surface area contributed by atoms with Crippen molar-refractivity contribution in [1.29, 1.82) is 0 Å². The summed E-state index contributed by atoms with van der Waals surface area (Å²) in [5, 5.41) is 19.4. The molecule has 2 N–H and O–H groups in total. The van der Waals surface area contributed by atoms with E-state index in [9.17, 15) is 14.6 Å². The number of fused-ring (bicyclic) bond motifs is 1. The molecule has 1 aromatic rings. The highest BCUT2D eigenvalue weighted by Crippen LogP contribution is 2.55. The van der Waals surface area contributed by atoms with Gasteiger partial charge in [-0.25, -0.2) is 4.39 Å². The minimum Gasteiger partial charge on any atom is -0.508 e. The zero-order valence-corrected chi connectivity index (χ0v) is 11.3. The maximum absolute atomic E-state index is 13.9. The van der Waals surface area contributed by atoms with E-state index in [0.717, 1.165) is 37.7 Å². The van der Waals surface area contributed by atoms with Crippen molar-refractivity contribution in [2.75, 3.05) is 0 Å². The van der Waals surface area contributed by atoms with Crippen molar-refractivity contribution in [3.05, 3.63) is 29.6 Å². The van der Waals surface area contributed by atoms with Crippen LogP contribution in [0.2, 0.25) is 0 Å². The van der Waals surface area contributed by atoms with Gasteiger partial charge in [-0.2, -0.15) is 0 Å². The third-order valence-corrected chi connectivity index (χ3v) is 5.51. The molecule has 104 valence electrons. The molecule has 0 radical (unpaired) electrons. The minimum absolute atomic E-state index is 0.0156. The van der Waals surface area contributed by atoms with E-state index < -0.39 is 0 Å². The monoisotopic (exact) mass is 264 g/mol. The van der Waals surface area contributed by atoms with Crippen molar-refractivity contribution in [3.63, 3.8) is 0 Å². The molecule has 1 aromatic carbocycles. The van der Waals surface area contributed by atoms with Crippen molar-refractivity contribution in [2.45, 2.75) is 51.0 Å². The Labute approximate surface area is 113 Å². The number of phenolic OH excluding ortho intramolecular Hbond substituents is 1. The quantitative estimate of drug-likeness (QED) is 0.814. The Balaban J connectivity index is 1.82. The Hall–Kier alpha value is -1.09. The van der Waals surface area contributed by atoms with Crippen LogP contribution in [-0.2, 0) is 0 Å². The van der Waals surface area contributed by atoms with Gasteiger partial charge in [-0.3, -0.25) is 0 Å². The first-order valence-corrected chi connectivity index (χ1v) is 7.17. The van der Waals surface area contributed by atoms with Gasteiger partial charge in [-0.15, -0.1) is 0 Å². The normalized spacial score (nSPS) is 38.2. The van der Waals surface area contributed by atoms with Crippen LogP contribution in [0, 0.1) is 17.2 Å². The second kappa shape index (κ2) is 4.48. The maximum atomic E-state index is 13.9. The highest BCUT2D eigenvalue weighted by atomic mass is 19.1. The van der Waals surface area contributed by atoms with Crippen LogP contribution >= 0.6 is 0 Å². The number of phenols is 1. The average molecular weight is 264 g/mol. The van der Waals surface area contributed by atoms with Crippen molar-refractivity contribution in [3.8, 4) is 5.75 Å². The fourth-order valence-corrected chi connectivity index (χ4v) is 4.12. The van der Waals surface area contributed by atoms with Crippen LogP contribution in [0.1, 0.15) is 50.5 Å². The molecule has 2 fully saturated rings. The predicted molar refractivity (Wildman–Crippen MR) is 71.5 cm³/mol. The zero-order chi connectivity index (χ0) is 13.6. The number of rotatable bonds is 1. The molecule has 2 nitrogen and oxygen atoms in total. The summed E-state index contributed by atoms with van der Waals surface area (Å²) in [7, 11) is 0. The summed E-state index contributed by atoms with van der Waals surface area (Å²) in [5.41, 5.74) is 0.755. The lowest BCUT2D eigenvalue weighted by atomic mass is 9.64. The molecular formula is C16H21FO2. The van der Waals surface area contributed by atoms with Crippen LogP contribution in [-0.4, -0.2) is 16.3 Å². The van der Waals surface area contributed by atoms with Gasteiger partial charge >= 0.3 is 0 Å². The van der Waals surface area contributed by atoms with Gasteiger partial charge in [0.1, 0.15) is 11.6 Å². The summed E-state index contributed by atoms with van der Waals surface area (Å²) < 4.78 is 13.9. The molecule has 0 saturated heterocycles. The van der Waals surface area contributed by atoms with Crippen LogP contribution in [0.15, 0.2) is 18.2 Å². The highest BCUT2D eigenvalue weighted by Gasteiger charge is 2.49. The molecule has 4 atom stereocenters. The lowest BCUT2D eigenvalue weighted by molar-refractivity contribution is 0.00845. The van der Waals surface area contributed by atoms with Gasteiger partial charge < -0.3 is 10.2 Å². The first-order valence-electron chi connectivity index (χ1n) is 7.17. The molecule has 3 rings (SSSR count). The molecule has 0 spiro atoms. The Morgan fingerprint density at radius 2 is 2.05 bits per heavy atom. The summed E-state index contributed by atoms with van der Waals surface area (Å²) in [6.45, 7) is 2.18. The van der Waals surface area contributed by atoms with E-state index in [0.29, 0.717) is 5.92 Å². The second-order valence-electron chi connectivity index (χ2n) is 6.47. The maximum Gasteiger partial charge on any atom is 0.130 e. The van der Waals surface area contributed by atoms with E-state index in [1.165, 1.54) is 6.07 Å². The molecule has 2 aliphatic carbocycles. The standard InChI is InChI=1S/C16H21FO2/c1-16-7-6-10(8-11(16)2-5-15(16)19)13-4-3-12(18)9-14(13)17/h3-4,9-11,15,18-19H,2,5-8H2,1H3/t10-,11+,15+,16+/m1/s1. The SMILES string of the molecule is C[C@]12CC[C@@H](c3ccc(O)cc3F)C[C@@H]1CC[C@@H]2O. The van der Waals surface area contributed by atoms with Crippen molar-refractivity contribution in [1.82, 2.24) is 0 Å². The fraction of sp³-hybridized carbons (Fsp3) is 0.625. The van der Waals surface area contributed by atoms with E-state index >= 15 is 0 Å². The van der Waals surface area contributed by atoms with E-state index in [1.54, 1.807) is 12.1 Å². The Bertz CT molecular complexity index is 488. The first kappa shape index (κ1) is 12.9. The van der Waals surface area contributed by atoms with E-state index in [4.69, 9.17) is 0 Å². The lowest BCUT2D eigenvalue weighted by Crippen LogP contribution is -2.37. The molecule has 0 aromatic heterocycles. The molecule has 3 heteroatoms. The molecule has 19 heavy (non-hydrogen) atoms. The number of aliphatic hydroxyl groups excluding tert-OH is 1. The van der Waals surface area contributed by atoms with Crippen LogP contribution in [0.25, 0.3) is 0 Å².